The number of benzene rings is 3. The van der Waals surface area contributed by atoms with Crippen molar-refractivity contribution in [3.8, 4) is 0 Å². The van der Waals surface area contributed by atoms with Gasteiger partial charge in [0.2, 0.25) is 11.8 Å². The zero-order valence-corrected chi connectivity index (χ0v) is 16.9. The Morgan fingerprint density at radius 2 is 1.47 bits per heavy atom. The van der Waals surface area contributed by atoms with Gasteiger partial charge in [-0.3, -0.25) is 9.59 Å². The van der Waals surface area contributed by atoms with Crippen LogP contribution in [0.5, 0.6) is 0 Å². The summed E-state index contributed by atoms with van der Waals surface area (Å²) in [5.41, 5.74) is 2.35. The second-order valence-electron chi connectivity index (χ2n) is 7.02. The van der Waals surface area contributed by atoms with E-state index in [0.717, 1.165) is 16.7 Å². The third-order valence-electron chi connectivity index (χ3n) is 4.81. The van der Waals surface area contributed by atoms with Crippen LogP contribution in [-0.4, -0.2) is 23.3 Å². The Hall–Kier alpha value is -3.47. The van der Waals surface area contributed by atoms with Crippen molar-refractivity contribution in [3.05, 3.63) is 107 Å². The summed E-state index contributed by atoms with van der Waals surface area (Å²) in [6.07, 6.45) is 0.171. The first-order valence-electron chi connectivity index (χ1n) is 9.99. The average Bonchev–Trinajstić information content (AvgIpc) is 2.76. The minimum Gasteiger partial charge on any atom is -0.354 e. The van der Waals surface area contributed by atoms with Crippen molar-refractivity contribution in [2.45, 2.75) is 25.9 Å². The SMILES string of the molecule is CCNC(=O)[C@H](c1ccccc1)N(Cc1ccc(F)cc1)C(=O)Cc1ccccc1. The van der Waals surface area contributed by atoms with Crippen LogP contribution in [0.1, 0.15) is 29.7 Å². The molecule has 3 aromatic carbocycles. The Balaban J connectivity index is 1.98. The third kappa shape index (κ3) is 5.54. The van der Waals surface area contributed by atoms with E-state index in [4.69, 9.17) is 0 Å². The van der Waals surface area contributed by atoms with Crippen molar-refractivity contribution in [2.75, 3.05) is 6.54 Å². The van der Waals surface area contributed by atoms with E-state index < -0.39 is 6.04 Å². The Morgan fingerprint density at radius 3 is 2.07 bits per heavy atom. The summed E-state index contributed by atoms with van der Waals surface area (Å²) in [4.78, 5) is 28.0. The fourth-order valence-corrected chi connectivity index (χ4v) is 3.36. The number of amides is 2. The lowest BCUT2D eigenvalue weighted by Gasteiger charge is -2.31. The molecule has 0 aliphatic carbocycles. The third-order valence-corrected chi connectivity index (χ3v) is 4.81. The molecule has 3 rings (SSSR count). The molecule has 0 spiro atoms. The average molecular weight is 404 g/mol. The van der Waals surface area contributed by atoms with Crippen LogP contribution in [0, 0.1) is 5.82 Å². The van der Waals surface area contributed by atoms with Crippen LogP contribution < -0.4 is 5.32 Å². The lowest BCUT2D eigenvalue weighted by molar-refractivity contribution is -0.141. The van der Waals surface area contributed by atoms with Gasteiger partial charge in [0.1, 0.15) is 11.9 Å². The normalized spacial score (nSPS) is 11.5. The minimum absolute atomic E-state index is 0.171. The van der Waals surface area contributed by atoms with Gasteiger partial charge in [0.25, 0.3) is 0 Å². The Morgan fingerprint density at radius 1 is 0.867 bits per heavy atom. The molecule has 0 unspecified atom stereocenters. The van der Waals surface area contributed by atoms with Gasteiger partial charge in [-0.2, -0.15) is 0 Å². The Labute approximate surface area is 176 Å². The van der Waals surface area contributed by atoms with Crippen LogP contribution in [0.15, 0.2) is 84.9 Å². The number of likely N-dealkylation sites (N-methyl/N-ethyl adjacent to an activating group) is 1. The van der Waals surface area contributed by atoms with Gasteiger partial charge in [-0.05, 0) is 35.7 Å². The first kappa shape index (κ1) is 21.2. The van der Waals surface area contributed by atoms with Crippen molar-refractivity contribution in [1.29, 1.82) is 0 Å². The molecule has 0 aliphatic rings. The van der Waals surface area contributed by atoms with Crippen LogP contribution >= 0.6 is 0 Å². The molecule has 1 N–H and O–H groups in total. The first-order valence-corrected chi connectivity index (χ1v) is 9.99. The highest BCUT2D eigenvalue weighted by Gasteiger charge is 2.31. The predicted molar refractivity (Wildman–Crippen MR) is 115 cm³/mol. The summed E-state index contributed by atoms with van der Waals surface area (Å²) in [5, 5.41) is 2.85. The molecule has 1 atom stereocenters. The fraction of sp³-hybridized carbons (Fsp3) is 0.200. The van der Waals surface area contributed by atoms with Gasteiger partial charge in [0.05, 0.1) is 6.42 Å². The van der Waals surface area contributed by atoms with Crippen LogP contribution in [0.25, 0.3) is 0 Å². The van der Waals surface area contributed by atoms with Gasteiger partial charge in [-0.25, -0.2) is 4.39 Å². The van der Waals surface area contributed by atoms with Gasteiger partial charge >= 0.3 is 0 Å². The molecule has 0 aromatic heterocycles. The van der Waals surface area contributed by atoms with Crippen molar-refractivity contribution < 1.29 is 14.0 Å². The van der Waals surface area contributed by atoms with Crippen molar-refractivity contribution in [2.24, 2.45) is 0 Å². The van der Waals surface area contributed by atoms with E-state index in [-0.39, 0.29) is 30.6 Å². The smallest absolute Gasteiger partial charge is 0.247 e. The molecule has 5 heteroatoms. The lowest BCUT2D eigenvalue weighted by atomic mass is 10.0. The maximum atomic E-state index is 13.4. The van der Waals surface area contributed by atoms with E-state index in [2.05, 4.69) is 5.32 Å². The molecule has 0 radical (unpaired) electrons. The summed E-state index contributed by atoms with van der Waals surface area (Å²) < 4.78 is 13.4. The van der Waals surface area contributed by atoms with Gasteiger partial charge in [-0.1, -0.05) is 72.8 Å². The highest BCUT2D eigenvalue weighted by molar-refractivity contribution is 5.89. The Bertz CT molecular complexity index is 959. The van der Waals surface area contributed by atoms with E-state index in [0.29, 0.717) is 6.54 Å². The molecule has 0 heterocycles. The van der Waals surface area contributed by atoms with Crippen molar-refractivity contribution in [1.82, 2.24) is 10.2 Å². The predicted octanol–water partition coefficient (Wildman–Crippen LogP) is 4.27. The molecule has 0 saturated carbocycles. The summed E-state index contributed by atoms with van der Waals surface area (Å²) in [6.45, 7) is 2.50. The maximum absolute atomic E-state index is 13.4. The largest absolute Gasteiger partial charge is 0.354 e. The second-order valence-corrected chi connectivity index (χ2v) is 7.02. The van der Waals surface area contributed by atoms with Crippen LogP contribution in [0.2, 0.25) is 0 Å². The van der Waals surface area contributed by atoms with E-state index in [1.165, 1.54) is 12.1 Å². The highest BCUT2D eigenvalue weighted by atomic mass is 19.1. The fourth-order valence-electron chi connectivity index (χ4n) is 3.36. The van der Waals surface area contributed by atoms with E-state index >= 15 is 0 Å². The van der Waals surface area contributed by atoms with Crippen LogP contribution in [0.4, 0.5) is 4.39 Å². The molecule has 4 nitrogen and oxygen atoms in total. The van der Waals surface area contributed by atoms with Crippen molar-refractivity contribution >= 4 is 11.8 Å². The monoisotopic (exact) mass is 404 g/mol. The van der Waals surface area contributed by atoms with Crippen molar-refractivity contribution in [3.63, 3.8) is 0 Å². The lowest BCUT2D eigenvalue weighted by Crippen LogP contribution is -2.44. The van der Waals surface area contributed by atoms with Gasteiger partial charge in [-0.15, -0.1) is 0 Å². The number of halogens is 1. The van der Waals surface area contributed by atoms with E-state index in [1.54, 1.807) is 17.0 Å². The number of carbonyl (C=O) groups excluding carboxylic acids is 2. The van der Waals surface area contributed by atoms with Gasteiger partial charge < -0.3 is 10.2 Å². The number of nitrogens with zero attached hydrogens (tertiary/aromatic N) is 1. The zero-order valence-electron chi connectivity index (χ0n) is 16.9. The van der Waals surface area contributed by atoms with E-state index in [1.807, 2.05) is 67.6 Å². The zero-order chi connectivity index (χ0) is 21.3. The van der Waals surface area contributed by atoms with Gasteiger partial charge in [0.15, 0.2) is 0 Å². The molecule has 0 fully saturated rings. The summed E-state index contributed by atoms with van der Waals surface area (Å²) in [6, 6.07) is 23.9. The number of carbonyl (C=O) groups is 2. The molecule has 0 bridgehead atoms. The van der Waals surface area contributed by atoms with E-state index in [9.17, 15) is 14.0 Å². The summed E-state index contributed by atoms with van der Waals surface area (Å²) >= 11 is 0. The molecular formula is C25H25FN2O2. The number of hydrogen-bond donors (Lipinski definition) is 1. The van der Waals surface area contributed by atoms with Gasteiger partial charge in [0, 0.05) is 13.1 Å². The number of rotatable bonds is 8. The molecular weight excluding hydrogens is 379 g/mol. The quantitative estimate of drug-likeness (QED) is 0.609. The first-order chi connectivity index (χ1) is 14.6. The molecule has 0 aliphatic heterocycles. The Kier molecular flexibility index (Phi) is 7.33. The molecule has 2 amide bonds. The second kappa shape index (κ2) is 10.3. The highest BCUT2D eigenvalue weighted by Crippen LogP contribution is 2.25. The summed E-state index contributed by atoms with van der Waals surface area (Å²) in [5.74, 6) is -0.762. The topological polar surface area (TPSA) is 49.4 Å². The molecule has 30 heavy (non-hydrogen) atoms. The minimum atomic E-state index is -0.785. The van der Waals surface area contributed by atoms with Crippen LogP contribution in [0.3, 0.4) is 0 Å². The summed E-state index contributed by atoms with van der Waals surface area (Å²) in [7, 11) is 0. The van der Waals surface area contributed by atoms with Crippen LogP contribution in [-0.2, 0) is 22.6 Å². The number of nitrogens with one attached hydrogen (secondary N) is 1. The molecule has 0 saturated heterocycles. The molecule has 154 valence electrons. The maximum Gasteiger partial charge on any atom is 0.247 e. The number of hydrogen-bond acceptors (Lipinski definition) is 2. The molecule has 3 aromatic rings. The standard InChI is InChI=1S/C25H25FN2O2/c1-2-27-25(30)24(21-11-7-4-8-12-21)28(18-20-13-15-22(26)16-14-20)23(29)17-19-9-5-3-6-10-19/h3-16,24H,2,17-18H2,1H3,(H,27,30)/t24-/m0/s1.